The lowest BCUT2D eigenvalue weighted by Crippen LogP contribution is -2.32. The Morgan fingerprint density at radius 1 is 1.29 bits per heavy atom. The summed E-state index contributed by atoms with van der Waals surface area (Å²) in [5.74, 6) is -2.78. The van der Waals surface area contributed by atoms with Gasteiger partial charge in [0.05, 0.1) is 17.2 Å². The number of rotatable bonds is 6. The van der Waals surface area contributed by atoms with Crippen molar-refractivity contribution in [3.63, 3.8) is 0 Å². The molecular weight excluding hydrogens is 313 g/mol. The van der Waals surface area contributed by atoms with Crippen molar-refractivity contribution in [1.82, 2.24) is 15.1 Å². The van der Waals surface area contributed by atoms with E-state index in [1.165, 1.54) is 24.3 Å². The molecule has 7 heteroatoms. The SMILES string of the molecule is CC(C)c1nn(C)cc1C(=O)NCC(C(=O)O)c1ccc(F)cc1. The zero-order valence-corrected chi connectivity index (χ0v) is 13.8. The Labute approximate surface area is 139 Å². The van der Waals surface area contributed by atoms with Gasteiger partial charge >= 0.3 is 5.97 Å². The van der Waals surface area contributed by atoms with Crippen LogP contribution in [0.2, 0.25) is 0 Å². The van der Waals surface area contributed by atoms with E-state index in [1.807, 2.05) is 13.8 Å². The fourth-order valence-electron chi connectivity index (χ4n) is 2.44. The monoisotopic (exact) mass is 333 g/mol. The van der Waals surface area contributed by atoms with Gasteiger partial charge in [-0.1, -0.05) is 26.0 Å². The smallest absolute Gasteiger partial charge is 0.312 e. The third kappa shape index (κ3) is 3.98. The molecule has 1 unspecified atom stereocenters. The first-order valence-electron chi connectivity index (χ1n) is 7.59. The fourth-order valence-corrected chi connectivity index (χ4v) is 2.44. The van der Waals surface area contributed by atoms with Crippen LogP contribution in [0.15, 0.2) is 30.5 Å². The Morgan fingerprint density at radius 2 is 1.92 bits per heavy atom. The minimum atomic E-state index is -1.09. The molecule has 0 aliphatic rings. The second kappa shape index (κ2) is 7.25. The molecule has 0 saturated heterocycles. The van der Waals surface area contributed by atoms with Crippen molar-refractivity contribution in [2.75, 3.05) is 6.54 Å². The molecule has 0 radical (unpaired) electrons. The van der Waals surface area contributed by atoms with Crippen molar-refractivity contribution in [3.8, 4) is 0 Å². The van der Waals surface area contributed by atoms with Crippen LogP contribution in [0.25, 0.3) is 0 Å². The summed E-state index contributed by atoms with van der Waals surface area (Å²) >= 11 is 0. The van der Waals surface area contributed by atoms with Gasteiger partial charge in [0.1, 0.15) is 5.82 Å². The number of halogens is 1. The number of benzene rings is 1. The number of carboxylic acid groups (broad SMARTS) is 1. The molecule has 128 valence electrons. The number of hydrogen-bond acceptors (Lipinski definition) is 3. The highest BCUT2D eigenvalue weighted by Gasteiger charge is 2.23. The molecule has 1 aromatic carbocycles. The van der Waals surface area contributed by atoms with Gasteiger partial charge in [-0.05, 0) is 23.6 Å². The highest BCUT2D eigenvalue weighted by atomic mass is 19.1. The van der Waals surface area contributed by atoms with E-state index in [2.05, 4.69) is 10.4 Å². The molecule has 0 saturated carbocycles. The Hall–Kier alpha value is -2.70. The number of amides is 1. The summed E-state index contributed by atoms with van der Waals surface area (Å²) in [4.78, 5) is 23.8. The van der Waals surface area contributed by atoms with Gasteiger partial charge in [0.25, 0.3) is 5.91 Å². The van der Waals surface area contributed by atoms with E-state index in [-0.39, 0.29) is 18.4 Å². The summed E-state index contributed by atoms with van der Waals surface area (Å²) in [6.45, 7) is 3.77. The lowest BCUT2D eigenvalue weighted by Gasteiger charge is -2.14. The maximum atomic E-state index is 13.0. The van der Waals surface area contributed by atoms with Gasteiger partial charge in [0.2, 0.25) is 0 Å². The molecule has 1 heterocycles. The van der Waals surface area contributed by atoms with Crippen LogP contribution in [0.1, 0.15) is 47.3 Å². The van der Waals surface area contributed by atoms with E-state index in [1.54, 1.807) is 17.9 Å². The number of aromatic nitrogens is 2. The molecule has 1 aromatic heterocycles. The summed E-state index contributed by atoms with van der Waals surface area (Å²) < 4.78 is 14.5. The van der Waals surface area contributed by atoms with Crippen LogP contribution in [0.5, 0.6) is 0 Å². The Kier molecular flexibility index (Phi) is 5.33. The standard InChI is InChI=1S/C17H20FN3O3/c1-10(2)15-14(9-21(3)20-15)16(22)19-8-13(17(23)24)11-4-6-12(18)7-5-11/h4-7,9-10,13H,8H2,1-3H3,(H,19,22)(H,23,24). The number of nitrogens with zero attached hydrogens (tertiary/aromatic N) is 2. The average Bonchev–Trinajstić information content (AvgIpc) is 2.91. The van der Waals surface area contributed by atoms with Gasteiger partial charge in [0, 0.05) is 19.8 Å². The number of carbonyl (C=O) groups is 2. The third-order valence-corrected chi connectivity index (χ3v) is 3.69. The zero-order valence-electron chi connectivity index (χ0n) is 13.8. The minimum Gasteiger partial charge on any atom is -0.481 e. The summed E-state index contributed by atoms with van der Waals surface area (Å²) in [7, 11) is 1.72. The Balaban J connectivity index is 2.14. The molecular formula is C17H20FN3O3. The summed E-state index contributed by atoms with van der Waals surface area (Å²) in [5, 5.41) is 16.3. The van der Waals surface area contributed by atoms with Crippen molar-refractivity contribution in [2.45, 2.75) is 25.7 Å². The maximum absolute atomic E-state index is 13.0. The van der Waals surface area contributed by atoms with Crippen LogP contribution in [-0.2, 0) is 11.8 Å². The first-order valence-corrected chi connectivity index (χ1v) is 7.59. The second-order valence-electron chi connectivity index (χ2n) is 5.91. The second-order valence-corrected chi connectivity index (χ2v) is 5.91. The summed E-state index contributed by atoms with van der Waals surface area (Å²) in [6, 6.07) is 5.21. The zero-order chi connectivity index (χ0) is 17.9. The third-order valence-electron chi connectivity index (χ3n) is 3.69. The largest absolute Gasteiger partial charge is 0.481 e. The molecule has 2 aromatic rings. The molecule has 0 aliphatic carbocycles. The molecule has 24 heavy (non-hydrogen) atoms. The highest BCUT2D eigenvalue weighted by Crippen LogP contribution is 2.19. The number of hydrogen-bond donors (Lipinski definition) is 2. The van der Waals surface area contributed by atoms with E-state index in [0.29, 0.717) is 16.8 Å². The van der Waals surface area contributed by atoms with Crippen molar-refractivity contribution in [1.29, 1.82) is 0 Å². The normalized spacial score (nSPS) is 12.2. The van der Waals surface area contributed by atoms with Gasteiger partial charge in [-0.25, -0.2) is 4.39 Å². The van der Waals surface area contributed by atoms with Gasteiger partial charge < -0.3 is 10.4 Å². The van der Waals surface area contributed by atoms with Crippen LogP contribution < -0.4 is 5.32 Å². The molecule has 0 spiro atoms. The molecule has 1 amide bonds. The summed E-state index contributed by atoms with van der Waals surface area (Å²) in [5.41, 5.74) is 1.51. The average molecular weight is 333 g/mol. The quantitative estimate of drug-likeness (QED) is 0.849. The highest BCUT2D eigenvalue weighted by molar-refractivity contribution is 5.95. The first kappa shape index (κ1) is 17.7. The fraction of sp³-hybridized carbons (Fsp3) is 0.353. The van der Waals surface area contributed by atoms with Crippen LogP contribution in [0, 0.1) is 5.82 Å². The Bertz CT molecular complexity index is 738. The molecule has 6 nitrogen and oxygen atoms in total. The molecule has 0 fully saturated rings. The lowest BCUT2D eigenvalue weighted by molar-refractivity contribution is -0.138. The lowest BCUT2D eigenvalue weighted by atomic mass is 9.99. The van der Waals surface area contributed by atoms with E-state index >= 15 is 0 Å². The van der Waals surface area contributed by atoms with Crippen molar-refractivity contribution in [2.24, 2.45) is 7.05 Å². The Morgan fingerprint density at radius 3 is 2.46 bits per heavy atom. The molecule has 2 N–H and O–H groups in total. The van der Waals surface area contributed by atoms with Gasteiger partial charge in [-0.15, -0.1) is 0 Å². The predicted octanol–water partition coefficient (Wildman–Crippen LogP) is 2.28. The number of carbonyl (C=O) groups excluding carboxylic acids is 1. The van der Waals surface area contributed by atoms with Crippen molar-refractivity contribution in [3.05, 3.63) is 53.1 Å². The van der Waals surface area contributed by atoms with E-state index < -0.39 is 17.7 Å². The van der Waals surface area contributed by atoms with Crippen LogP contribution in [-0.4, -0.2) is 33.3 Å². The summed E-state index contributed by atoms with van der Waals surface area (Å²) in [6.07, 6.45) is 1.61. The molecule has 0 aliphatic heterocycles. The molecule has 2 rings (SSSR count). The number of nitrogens with one attached hydrogen (secondary N) is 1. The van der Waals surface area contributed by atoms with Gasteiger partial charge in [-0.3, -0.25) is 14.3 Å². The van der Waals surface area contributed by atoms with E-state index in [9.17, 15) is 19.1 Å². The van der Waals surface area contributed by atoms with Gasteiger partial charge in [-0.2, -0.15) is 5.10 Å². The van der Waals surface area contributed by atoms with Crippen LogP contribution in [0.4, 0.5) is 4.39 Å². The maximum Gasteiger partial charge on any atom is 0.312 e. The van der Waals surface area contributed by atoms with Crippen LogP contribution in [0.3, 0.4) is 0 Å². The van der Waals surface area contributed by atoms with Gasteiger partial charge in [0.15, 0.2) is 0 Å². The molecule has 0 bridgehead atoms. The predicted molar refractivity (Wildman–Crippen MR) is 86.4 cm³/mol. The number of carboxylic acids is 1. The number of aryl methyl sites for hydroxylation is 1. The number of aliphatic carboxylic acids is 1. The van der Waals surface area contributed by atoms with Crippen LogP contribution >= 0.6 is 0 Å². The first-order chi connectivity index (χ1) is 11.3. The topological polar surface area (TPSA) is 84.2 Å². The van der Waals surface area contributed by atoms with E-state index in [0.717, 1.165) is 0 Å². The van der Waals surface area contributed by atoms with Crippen molar-refractivity contribution >= 4 is 11.9 Å². The molecule has 1 atom stereocenters. The van der Waals surface area contributed by atoms with E-state index in [4.69, 9.17) is 0 Å². The van der Waals surface area contributed by atoms with Crippen molar-refractivity contribution < 1.29 is 19.1 Å². The minimum absolute atomic E-state index is 0.0688.